The minimum absolute atomic E-state index is 0.144. The van der Waals surface area contributed by atoms with E-state index in [1.54, 1.807) is 6.92 Å². The van der Waals surface area contributed by atoms with Crippen molar-refractivity contribution in [2.24, 2.45) is 5.73 Å². The molecular formula is C2H7NOP+. The lowest BCUT2D eigenvalue weighted by Crippen LogP contribution is -2.03. The van der Waals surface area contributed by atoms with Gasteiger partial charge in [0.15, 0.2) is 5.78 Å². The summed E-state index contributed by atoms with van der Waals surface area (Å²) in [5, 5.41) is 0. The summed E-state index contributed by atoms with van der Waals surface area (Å²) in [7, 11) is -0.358. The third kappa shape index (κ3) is 4.06. The van der Waals surface area contributed by atoms with E-state index < -0.39 is 0 Å². The van der Waals surface area contributed by atoms with Crippen LogP contribution in [0.2, 0.25) is 0 Å². The Bertz CT molecular complexity index is 36.6. The molecule has 0 amide bonds. The number of hydrogen-bond acceptors (Lipinski definition) is 2. The van der Waals surface area contributed by atoms with Crippen molar-refractivity contribution >= 4 is 8.46 Å². The van der Waals surface area contributed by atoms with Crippen molar-refractivity contribution in [1.29, 1.82) is 0 Å². The molecule has 0 saturated carbocycles. The fourth-order valence-electron chi connectivity index (χ4n) is 0. The highest BCUT2D eigenvalue weighted by Crippen LogP contribution is 1.92. The molecule has 0 rings (SSSR count). The monoisotopic (exact) mass is 92.0 g/mol. The van der Waals surface area contributed by atoms with Crippen LogP contribution in [0.5, 0.6) is 0 Å². The second kappa shape index (κ2) is 2.31. The van der Waals surface area contributed by atoms with Gasteiger partial charge in [-0.25, -0.2) is 0 Å². The molecule has 2 nitrogen and oxygen atoms in total. The van der Waals surface area contributed by atoms with Crippen LogP contribution in [0, 0.1) is 0 Å². The molecule has 3 heteroatoms. The van der Waals surface area contributed by atoms with Crippen LogP contribution in [0.25, 0.3) is 0 Å². The van der Waals surface area contributed by atoms with Crippen molar-refractivity contribution in [1.82, 2.24) is 0 Å². The van der Waals surface area contributed by atoms with Gasteiger partial charge in [0.25, 0.3) is 0 Å². The van der Waals surface area contributed by atoms with Crippen LogP contribution in [-0.2, 0) is 4.57 Å². The zero-order chi connectivity index (χ0) is 4.28. The van der Waals surface area contributed by atoms with Crippen LogP contribution in [-0.4, -0.2) is 5.78 Å². The predicted molar refractivity (Wildman–Crippen MR) is 22.7 cm³/mol. The molecule has 0 aromatic carbocycles. The summed E-state index contributed by atoms with van der Waals surface area (Å²) >= 11 is 0. The van der Waals surface area contributed by atoms with E-state index in [2.05, 4.69) is 0 Å². The maximum absolute atomic E-state index is 9.53. The van der Waals surface area contributed by atoms with E-state index in [0.717, 1.165) is 0 Å². The predicted octanol–water partition coefficient (Wildman–Crippen LogP) is 0.315. The van der Waals surface area contributed by atoms with Crippen molar-refractivity contribution in [3.8, 4) is 0 Å². The summed E-state index contributed by atoms with van der Waals surface area (Å²) < 4.78 is 9.53. The SMILES string of the molecule is CC(N)[PH+]=O. The van der Waals surface area contributed by atoms with Gasteiger partial charge in [-0.05, 0) is 6.92 Å². The third-order valence-electron chi connectivity index (χ3n) is 0.186. The van der Waals surface area contributed by atoms with Crippen LogP contribution in [0.4, 0.5) is 0 Å². The average Bonchev–Trinajstić information content (AvgIpc) is 1.38. The van der Waals surface area contributed by atoms with Gasteiger partial charge in [0.1, 0.15) is 0 Å². The van der Waals surface area contributed by atoms with Crippen LogP contribution < -0.4 is 5.73 Å². The van der Waals surface area contributed by atoms with Crippen molar-refractivity contribution in [2.75, 3.05) is 0 Å². The highest BCUT2D eigenvalue weighted by Gasteiger charge is 1.92. The molecule has 0 aliphatic carbocycles. The van der Waals surface area contributed by atoms with Gasteiger partial charge in [-0.2, -0.15) is 0 Å². The molecule has 0 aliphatic heterocycles. The van der Waals surface area contributed by atoms with E-state index in [1.807, 2.05) is 0 Å². The minimum atomic E-state index is -0.358. The first-order valence-electron chi connectivity index (χ1n) is 1.40. The first-order chi connectivity index (χ1) is 2.27. The first-order valence-corrected chi connectivity index (χ1v) is 2.39. The van der Waals surface area contributed by atoms with Crippen LogP contribution >= 0.6 is 8.46 Å². The van der Waals surface area contributed by atoms with Crippen molar-refractivity contribution < 1.29 is 4.57 Å². The van der Waals surface area contributed by atoms with Gasteiger partial charge in [-0.15, -0.1) is 0 Å². The smallest absolute Gasteiger partial charge is 0.288 e. The molecule has 2 atom stereocenters. The Balaban J connectivity index is 2.83. The Hall–Kier alpha value is 0.0600. The fraction of sp³-hybridized carbons (Fsp3) is 1.00. The number of nitrogens with two attached hydrogens (primary N) is 1. The molecule has 0 fully saturated rings. The topological polar surface area (TPSA) is 43.1 Å². The van der Waals surface area contributed by atoms with Gasteiger partial charge >= 0.3 is 8.46 Å². The molecule has 0 aliphatic rings. The first kappa shape index (κ1) is 5.06. The molecule has 30 valence electrons. The van der Waals surface area contributed by atoms with Gasteiger partial charge in [-0.1, -0.05) is 4.57 Å². The Labute approximate surface area is 32.6 Å². The zero-order valence-corrected chi connectivity index (χ0v) is 4.06. The lowest BCUT2D eigenvalue weighted by atomic mass is 10.8. The van der Waals surface area contributed by atoms with E-state index in [-0.39, 0.29) is 14.2 Å². The lowest BCUT2D eigenvalue weighted by molar-refractivity contribution is 0.593. The summed E-state index contributed by atoms with van der Waals surface area (Å²) in [6.45, 7) is 1.70. The molecule has 5 heavy (non-hydrogen) atoms. The summed E-state index contributed by atoms with van der Waals surface area (Å²) in [4.78, 5) is 0. The standard InChI is InChI=1S/C2H6NOP/c1-2(3)5-4/h2H,3H2,1H3/p+1. The molecule has 0 heterocycles. The molecule has 0 aromatic heterocycles. The average molecular weight is 92.1 g/mol. The summed E-state index contributed by atoms with van der Waals surface area (Å²) in [6.07, 6.45) is 0. The molecule has 2 unspecified atom stereocenters. The maximum Gasteiger partial charge on any atom is 0.343 e. The van der Waals surface area contributed by atoms with E-state index in [0.29, 0.717) is 0 Å². The van der Waals surface area contributed by atoms with Gasteiger partial charge < -0.3 is 0 Å². The quantitative estimate of drug-likeness (QED) is 0.473. The molecule has 0 radical (unpaired) electrons. The Kier molecular flexibility index (Phi) is 2.33. The van der Waals surface area contributed by atoms with Gasteiger partial charge in [-0.3, -0.25) is 5.73 Å². The summed E-state index contributed by atoms with van der Waals surface area (Å²) in [5.41, 5.74) is 4.99. The fourth-order valence-corrected chi connectivity index (χ4v) is 0. The second-order valence-electron chi connectivity index (χ2n) is 0.907. The molecule has 0 bridgehead atoms. The van der Waals surface area contributed by atoms with Gasteiger partial charge in [0, 0.05) is 0 Å². The summed E-state index contributed by atoms with van der Waals surface area (Å²) in [6, 6.07) is 0. The van der Waals surface area contributed by atoms with Gasteiger partial charge in [0.05, 0.1) is 0 Å². The maximum atomic E-state index is 9.53. The second-order valence-corrected chi connectivity index (χ2v) is 2.05. The minimum Gasteiger partial charge on any atom is -0.288 e. The molecular weight excluding hydrogens is 85.0 g/mol. The highest BCUT2D eigenvalue weighted by molar-refractivity contribution is 7.24. The molecule has 0 saturated heterocycles. The van der Waals surface area contributed by atoms with E-state index in [4.69, 9.17) is 5.73 Å². The van der Waals surface area contributed by atoms with E-state index >= 15 is 0 Å². The Morgan fingerprint density at radius 1 is 2.00 bits per heavy atom. The number of rotatable bonds is 1. The highest BCUT2D eigenvalue weighted by atomic mass is 31.1. The van der Waals surface area contributed by atoms with E-state index in [9.17, 15) is 4.57 Å². The lowest BCUT2D eigenvalue weighted by Gasteiger charge is -1.69. The molecule has 0 spiro atoms. The summed E-state index contributed by atoms with van der Waals surface area (Å²) in [5.74, 6) is -0.144. The van der Waals surface area contributed by atoms with Gasteiger partial charge in [0.2, 0.25) is 0 Å². The van der Waals surface area contributed by atoms with Crippen LogP contribution in [0.15, 0.2) is 0 Å². The third-order valence-corrected chi connectivity index (χ3v) is 0.558. The Morgan fingerprint density at radius 2 is 2.20 bits per heavy atom. The van der Waals surface area contributed by atoms with Crippen LogP contribution in [0.1, 0.15) is 6.92 Å². The normalized spacial score (nSPS) is 15.6. The largest absolute Gasteiger partial charge is 0.343 e. The number of hydrogen-bond donors (Lipinski definition) is 1. The van der Waals surface area contributed by atoms with Crippen molar-refractivity contribution in [3.05, 3.63) is 0 Å². The van der Waals surface area contributed by atoms with Crippen molar-refractivity contribution in [3.63, 3.8) is 0 Å². The zero-order valence-electron chi connectivity index (χ0n) is 3.06. The van der Waals surface area contributed by atoms with Crippen LogP contribution in [0.3, 0.4) is 0 Å². The molecule has 2 N–H and O–H groups in total. The van der Waals surface area contributed by atoms with E-state index in [1.165, 1.54) is 0 Å². The molecule has 0 aromatic rings. The Morgan fingerprint density at radius 3 is 2.20 bits per heavy atom. The van der Waals surface area contributed by atoms with Crippen molar-refractivity contribution in [2.45, 2.75) is 12.7 Å².